The summed E-state index contributed by atoms with van der Waals surface area (Å²) in [5.74, 6) is 0.756. The Bertz CT molecular complexity index is 783. The zero-order valence-corrected chi connectivity index (χ0v) is 16.7. The van der Waals surface area contributed by atoms with Crippen LogP contribution in [0.4, 0.5) is 0 Å². The van der Waals surface area contributed by atoms with E-state index in [4.69, 9.17) is 10.5 Å². The number of hydrogen-bond acceptors (Lipinski definition) is 6. The lowest BCUT2D eigenvalue weighted by molar-refractivity contribution is 0.0618. The van der Waals surface area contributed by atoms with Crippen molar-refractivity contribution in [2.45, 2.75) is 34.8 Å². The van der Waals surface area contributed by atoms with E-state index in [1.807, 2.05) is 61.5 Å². The average Bonchev–Trinajstić information content (AvgIpc) is 2.73. The Morgan fingerprint density at radius 2 is 1.64 bits per heavy atom. The number of allylic oxidation sites excluding steroid dienone is 1. The van der Waals surface area contributed by atoms with Crippen LogP contribution in [0.3, 0.4) is 0 Å². The molecule has 0 saturated carbocycles. The Kier molecular flexibility index (Phi) is 8.29. The second kappa shape index (κ2) is 10.5. The first kappa shape index (κ1) is 22.2. The van der Waals surface area contributed by atoms with Gasteiger partial charge in [-0.1, -0.05) is 42.6 Å². The SMILES string of the molecule is C=CO/C(=C\C)c1ccc(Sc2ccc(C(O)CC(N)(CO)CO)cc2)cc1. The molecule has 2 rings (SSSR count). The summed E-state index contributed by atoms with van der Waals surface area (Å²) in [6, 6.07) is 15.5. The van der Waals surface area contributed by atoms with Gasteiger partial charge in [0, 0.05) is 15.4 Å². The first-order valence-electron chi connectivity index (χ1n) is 8.95. The van der Waals surface area contributed by atoms with Gasteiger partial charge in [0.05, 0.1) is 31.1 Å². The van der Waals surface area contributed by atoms with Crippen LogP contribution >= 0.6 is 11.8 Å². The fourth-order valence-corrected chi connectivity index (χ4v) is 3.47. The van der Waals surface area contributed by atoms with Gasteiger partial charge >= 0.3 is 0 Å². The van der Waals surface area contributed by atoms with Crippen molar-refractivity contribution in [3.05, 3.63) is 78.6 Å². The monoisotopic (exact) mass is 401 g/mol. The number of ether oxygens (including phenoxy) is 1. The van der Waals surface area contributed by atoms with E-state index in [2.05, 4.69) is 6.58 Å². The summed E-state index contributed by atoms with van der Waals surface area (Å²) >= 11 is 1.60. The van der Waals surface area contributed by atoms with Gasteiger partial charge in [0.25, 0.3) is 0 Å². The molecule has 0 aliphatic carbocycles. The molecule has 0 amide bonds. The number of hydrogen-bond donors (Lipinski definition) is 4. The lowest BCUT2D eigenvalue weighted by Gasteiger charge is -2.27. The molecule has 5 N–H and O–H groups in total. The summed E-state index contributed by atoms with van der Waals surface area (Å²) in [6.45, 7) is 4.71. The van der Waals surface area contributed by atoms with E-state index in [0.29, 0.717) is 5.56 Å². The smallest absolute Gasteiger partial charge is 0.129 e. The molecule has 5 nitrogen and oxygen atoms in total. The van der Waals surface area contributed by atoms with Crippen molar-refractivity contribution < 1.29 is 20.1 Å². The van der Waals surface area contributed by atoms with Crippen molar-refractivity contribution >= 4 is 17.5 Å². The molecule has 150 valence electrons. The van der Waals surface area contributed by atoms with Crippen molar-refractivity contribution in [3.8, 4) is 0 Å². The van der Waals surface area contributed by atoms with E-state index < -0.39 is 24.9 Å². The van der Waals surface area contributed by atoms with Gasteiger partial charge in [-0.05, 0) is 49.2 Å². The number of nitrogens with two attached hydrogens (primary N) is 1. The Balaban J connectivity index is 2.03. The minimum absolute atomic E-state index is 0.0774. The maximum absolute atomic E-state index is 10.3. The van der Waals surface area contributed by atoms with Gasteiger partial charge in [0.2, 0.25) is 0 Å². The Hall–Kier alpha value is -2.09. The summed E-state index contributed by atoms with van der Waals surface area (Å²) < 4.78 is 5.38. The van der Waals surface area contributed by atoms with Gasteiger partial charge in [-0.25, -0.2) is 0 Å². The van der Waals surface area contributed by atoms with E-state index in [-0.39, 0.29) is 6.42 Å². The quantitative estimate of drug-likeness (QED) is 0.455. The second-order valence-corrected chi connectivity index (χ2v) is 7.68. The second-order valence-electron chi connectivity index (χ2n) is 6.53. The molecule has 0 saturated heterocycles. The lowest BCUT2D eigenvalue weighted by atomic mass is 9.92. The number of rotatable bonds is 10. The van der Waals surface area contributed by atoms with Gasteiger partial charge in [-0.15, -0.1) is 0 Å². The van der Waals surface area contributed by atoms with Gasteiger partial charge in [0.1, 0.15) is 5.76 Å². The predicted octanol–water partition coefficient (Wildman–Crippen LogP) is 3.46. The van der Waals surface area contributed by atoms with Crippen molar-refractivity contribution in [3.63, 3.8) is 0 Å². The molecular weight excluding hydrogens is 374 g/mol. The average molecular weight is 402 g/mol. The van der Waals surface area contributed by atoms with Crippen LogP contribution in [0.15, 0.2) is 77.2 Å². The van der Waals surface area contributed by atoms with Gasteiger partial charge in [0.15, 0.2) is 0 Å². The maximum Gasteiger partial charge on any atom is 0.129 e. The highest BCUT2D eigenvalue weighted by Gasteiger charge is 2.27. The fourth-order valence-electron chi connectivity index (χ4n) is 2.66. The summed E-state index contributed by atoms with van der Waals surface area (Å²) in [4.78, 5) is 2.10. The molecule has 2 aromatic rings. The highest BCUT2D eigenvalue weighted by Crippen LogP contribution is 2.31. The van der Waals surface area contributed by atoms with E-state index >= 15 is 0 Å². The molecule has 0 radical (unpaired) electrons. The first-order valence-corrected chi connectivity index (χ1v) is 9.77. The Morgan fingerprint density at radius 1 is 1.11 bits per heavy atom. The van der Waals surface area contributed by atoms with Crippen LogP contribution in [0.2, 0.25) is 0 Å². The molecular formula is C22H27NO4S. The first-order chi connectivity index (χ1) is 13.4. The maximum atomic E-state index is 10.3. The zero-order chi connectivity index (χ0) is 20.6. The predicted molar refractivity (Wildman–Crippen MR) is 113 cm³/mol. The van der Waals surface area contributed by atoms with Crippen LogP contribution in [0, 0.1) is 0 Å². The van der Waals surface area contributed by atoms with Gasteiger partial charge < -0.3 is 25.8 Å². The molecule has 1 atom stereocenters. The molecule has 28 heavy (non-hydrogen) atoms. The highest BCUT2D eigenvalue weighted by atomic mass is 32.2. The van der Waals surface area contributed by atoms with Crippen molar-refractivity contribution in [2.75, 3.05) is 13.2 Å². The largest absolute Gasteiger partial charge is 0.465 e. The zero-order valence-electron chi connectivity index (χ0n) is 15.9. The summed E-state index contributed by atoms with van der Waals surface area (Å²) in [6.07, 6.45) is 2.52. The Labute approximate surface area is 170 Å². The molecule has 0 spiro atoms. The third-order valence-corrected chi connectivity index (χ3v) is 5.36. The minimum Gasteiger partial charge on any atom is -0.465 e. The summed E-state index contributed by atoms with van der Waals surface area (Å²) in [7, 11) is 0. The van der Waals surface area contributed by atoms with E-state index in [1.54, 1.807) is 11.8 Å². The number of aliphatic hydroxyl groups is 3. The van der Waals surface area contributed by atoms with E-state index in [9.17, 15) is 15.3 Å². The van der Waals surface area contributed by atoms with Crippen LogP contribution < -0.4 is 5.73 Å². The molecule has 0 aliphatic rings. The normalized spacial score (nSPS) is 13.2. The fraction of sp³-hybridized carbons (Fsp3) is 0.273. The van der Waals surface area contributed by atoms with Crippen LogP contribution in [0.1, 0.15) is 30.6 Å². The molecule has 2 aromatic carbocycles. The molecule has 0 aliphatic heterocycles. The Morgan fingerprint density at radius 3 is 2.11 bits per heavy atom. The topological polar surface area (TPSA) is 95.9 Å². The minimum atomic E-state index is -1.20. The lowest BCUT2D eigenvalue weighted by Crippen LogP contribution is -2.48. The molecule has 6 heteroatoms. The molecule has 0 bridgehead atoms. The van der Waals surface area contributed by atoms with Crippen LogP contribution in [0.25, 0.3) is 5.76 Å². The van der Waals surface area contributed by atoms with Crippen molar-refractivity contribution in [1.82, 2.24) is 0 Å². The molecule has 1 unspecified atom stereocenters. The van der Waals surface area contributed by atoms with Gasteiger partial charge in [-0.3, -0.25) is 0 Å². The van der Waals surface area contributed by atoms with E-state index in [0.717, 1.165) is 21.1 Å². The highest BCUT2D eigenvalue weighted by molar-refractivity contribution is 7.99. The molecule has 0 aromatic heterocycles. The van der Waals surface area contributed by atoms with Crippen LogP contribution in [-0.4, -0.2) is 34.1 Å². The third kappa shape index (κ3) is 5.95. The number of benzene rings is 2. The summed E-state index contributed by atoms with van der Waals surface area (Å²) in [5.41, 5.74) is 6.31. The molecule has 0 fully saturated rings. The van der Waals surface area contributed by atoms with Crippen molar-refractivity contribution in [1.29, 1.82) is 0 Å². The van der Waals surface area contributed by atoms with Crippen molar-refractivity contribution in [2.24, 2.45) is 5.73 Å². The van der Waals surface area contributed by atoms with Gasteiger partial charge in [-0.2, -0.15) is 0 Å². The summed E-state index contributed by atoms with van der Waals surface area (Å²) in [5, 5.41) is 28.9. The number of aliphatic hydroxyl groups excluding tert-OH is 3. The standard InChI is InChI=1S/C22H27NO4S/c1-3-21(27-4-2)17-7-11-19(12-8-17)28-18-9-5-16(6-10-18)20(26)13-22(23,14-24)15-25/h3-12,20,24-26H,2,13-15,23H2,1H3/b21-3-. The third-order valence-electron chi connectivity index (χ3n) is 4.34. The van der Waals surface area contributed by atoms with Crippen LogP contribution in [0.5, 0.6) is 0 Å². The van der Waals surface area contributed by atoms with Crippen LogP contribution in [-0.2, 0) is 4.74 Å². The molecule has 0 heterocycles. The van der Waals surface area contributed by atoms with E-state index in [1.165, 1.54) is 6.26 Å².